The van der Waals surface area contributed by atoms with Crippen LogP contribution in [-0.2, 0) is 0 Å². The summed E-state index contributed by atoms with van der Waals surface area (Å²) in [5.41, 5.74) is 8.16. The van der Waals surface area contributed by atoms with Crippen molar-refractivity contribution in [2.75, 3.05) is 0 Å². The highest BCUT2D eigenvalue weighted by Crippen LogP contribution is 2.46. The van der Waals surface area contributed by atoms with Crippen LogP contribution in [0.15, 0.2) is 66.7 Å². The second kappa shape index (κ2) is 10.2. The fraction of sp³-hybridized carbons (Fsp3) is 0.438. The molecule has 0 atom stereocenters. The van der Waals surface area contributed by atoms with Gasteiger partial charge in [-0.3, -0.25) is 0 Å². The highest BCUT2D eigenvalue weighted by Gasteiger charge is 2.27. The van der Waals surface area contributed by atoms with Crippen molar-refractivity contribution in [1.29, 1.82) is 0 Å². The fourth-order valence-corrected chi connectivity index (χ4v) is 5.79. The Hall–Kier alpha value is -2.54. The second-order valence-corrected chi connectivity index (χ2v) is 10.5. The molecule has 1 nitrogen and oxygen atoms in total. The van der Waals surface area contributed by atoms with Gasteiger partial charge in [-0.2, -0.15) is 0 Å². The standard InChI is InChI=1S/C32H38O/c1-2-3-4-5-23-6-8-24(9-7-23)25-10-12-26(13-11-25)29-18-21-31(32(22-29)28-14-15-28)27-16-19-30(33)20-17-27/h10-13,16-24,28,33H,2-9,14-15H2,1H3. The summed E-state index contributed by atoms with van der Waals surface area (Å²) in [7, 11) is 0. The average molecular weight is 439 g/mol. The maximum absolute atomic E-state index is 9.66. The number of phenolic OH excluding ortho intramolecular Hbond substituents is 1. The summed E-state index contributed by atoms with van der Waals surface area (Å²) in [5, 5.41) is 9.66. The van der Waals surface area contributed by atoms with E-state index in [1.807, 2.05) is 12.1 Å². The molecule has 0 heterocycles. The number of aromatic hydroxyl groups is 1. The minimum atomic E-state index is 0.327. The summed E-state index contributed by atoms with van der Waals surface area (Å²) in [4.78, 5) is 0. The molecule has 0 radical (unpaired) electrons. The van der Waals surface area contributed by atoms with E-state index in [0.717, 1.165) is 11.8 Å². The lowest BCUT2D eigenvalue weighted by Gasteiger charge is -2.29. The minimum Gasteiger partial charge on any atom is -0.508 e. The number of unbranched alkanes of at least 4 members (excludes halogenated alkanes) is 2. The van der Waals surface area contributed by atoms with E-state index in [-0.39, 0.29) is 0 Å². The van der Waals surface area contributed by atoms with Crippen molar-refractivity contribution < 1.29 is 5.11 Å². The van der Waals surface area contributed by atoms with Crippen molar-refractivity contribution in [2.45, 2.75) is 83.0 Å². The molecule has 0 bridgehead atoms. The normalized spacial score (nSPS) is 20.6. The predicted octanol–water partition coefficient (Wildman–Crippen LogP) is 9.46. The van der Waals surface area contributed by atoms with Gasteiger partial charge in [-0.15, -0.1) is 0 Å². The number of hydrogen-bond donors (Lipinski definition) is 1. The molecule has 0 saturated heterocycles. The van der Waals surface area contributed by atoms with Crippen molar-refractivity contribution >= 4 is 0 Å². The Labute approximate surface area is 199 Å². The molecule has 0 aliphatic heterocycles. The van der Waals surface area contributed by atoms with Gasteiger partial charge in [0.1, 0.15) is 5.75 Å². The van der Waals surface area contributed by atoms with Crippen LogP contribution in [0, 0.1) is 5.92 Å². The largest absolute Gasteiger partial charge is 0.508 e. The van der Waals surface area contributed by atoms with Gasteiger partial charge in [0.2, 0.25) is 0 Å². The first kappa shape index (κ1) is 22.3. The first-order valence-electron chi connectivity index (χ1n) is 13.2. The third-order valence-corrected chi connectivity index (χ3v) is 8.03. The topological polar surface area (TPSA) is 20.2 Å². The second-order valence-electron chi connectivity index (χ2n) is 10.5. The molecule has 0 aromatic heterocycles. The molecule has 172 valence electrons. The molecular formula is C32H38O. The molecule has 3 aromatic rings. The Morgan fingerprint density at radius 1 is 0.667 bits per heavy atom. The first-order chi connectivity index (χ1) is 16.2. The summed E-state index contributed by atoms with van der Waals surface area (Å²) >= 11 is 0. The van der Waals surface area contributed by atoms with Crippen molar-refractivity contribution in [1.82, 2.24) is 0 Å². The first-order valence-corrected chi connectivity index (χ1v) is 13.2. The van der Waals surface area contributed by atoms with Crippen LogP contribution in [0.5, 0.6) is 5.75 Å². The molecule has 1 heteroatoms. The molecule has 0 amide bonds. The lowest BCUT2D eigenvalue weighted by molar-refractivity contribution is 0.303. The summed E-state index contributed by atoms with van der Waals surface area (Å²) in [6, 6.07) is 24.1. The third kappa shape index (κ3) is 5.35. The average Bonchev–Trinajstić information content (AvgIpc) is 3.71. The van der Waals surface area contributed by atoms with E-state index in [4.69, 9.17) is 0 Å². The van der Waals surface area contributed by atoms with Gasteiger partial charge in [0, 0.05) is 0 Å². The monoisotopic (exact) mass is 438 g/mol. The van der Waals surface area contributed by atoms with Crippen LogP contribution in [0.3, 0.4) is 0 Å². The lowest BCUT2D eigenvalue weighted by Crippen LogP contribution is -2.13. The minimum absolute atomic E-state index is 0.327. The van der Waals surface area contributed by atoms with Crippen molar-refractivity contribution in [2.24, 2.45) is 5.92 Å². The van der Waals surface area contributed by atoms with Gasteiger partial charge in [0.25, 0.3) is 0 Å². The summed E-state index contributed by atoms with van der Waals surface area (Å²) in [6.07, 6.45) is 13.7. The molecule has 2 aliphatic carbocycles. The Balaban J connectivity index is 1.28. The summed E-state index contributed by atoms with van der Waals surface area (Å²) < 4.78 is 0. The van der Waals surface area contributed by atoms with Gasteiger partial charge in [-0.25, -0.2) is 0 Å². The molecule has 2 fully saturated rings. The highest BCUT2D eigenvalue weighted by molar-refractivity contribution is 5.75. The van der Waals surface area contributed by atoms with Crippen LogP contribution >= 0.6 is 0 Å². The maximum Gasteiger partial charge on any atom is 0.115 e. The van der Waals surface area contributed by atoms with Crippen LogP contribution in [0.2, 0.25) is 0 Å². The van der Waals surface area contributed by atoms with Crippen LogP contribution in [-0.4, -0.2) is 5.11 Å². The van der Waals surface area contributed by atoms with Crippen molar-refractivity contribution in [3.63, 3.8) is 0 Å². The molecular weight excluding hydrogens is 400 g/mol. The van der Waals surface area contributed by atoms with E-state index in [1.165, 1.54) is 97.6 Å². The van der Waals surface area contributed by atoms with Gasteiger partial charge >= 0.3 is 0 Å². The molecule has 2 saturated carbocycles. The van der Waals surface area contributed by atoms with Gasteiger partial charge in [-0.1, -0.05) is 87.2 Å². The van der Waals surface area contributed by atoms with E-state index >= 15 is 0 Å². The molecule has 0 spiro atoms. The molecule has 1 N–H and O–H groups in total. The maximum atomic E-state index is 9.66. The van der Waals surface area contributed by atoms with Crippen LogP contribution in [0.25, 0.3) is 22.3 Å². The van der Waals surface area contributed by atoms with Crippen molar-refractivity contribution in [3.05, 3.63) is 77.9 Å². The number of hydrogen-bond acceptors (Lipinski definition) is 1. The zero-order valence-corrected chi connectivity index (χ0v) is 20.1. The molecule has 3 aromatic carbocycles. The Bertz CT molecular complexity index is 1030. The predicted molar refractivity (Wildman–Crippen MR) is 140 cm³/mol. The molecule has 2 aliphatic rings. The van der Waals surface area contributed by atoms with Gasteiger partial charge in [-0.05, 0) is 102 Å². The van der Waals surface area contributed by atoms with E-state index in [2.05, 4.69) is 49.4 Å². The van der Waals surface area contributed by atoms with Crippen molar-refractivity contribution in [3.8, 4) is 28.0 Å². The zero-order valence-electron chi connectivity index (χ0n) is 20.1. The highest BCUT2D eigenvalue weighted by atomic mass is 16.3. The number of rotatable bonds is 8. The zero-order chi connectivity index (χ0) is 22.6. The van der Waals surface area contributed by atoms with Gasteiger partial charge in [0.05, 0.1) is 0 Å². The molecule has 33 heavy (non-hydrogen) atoms. The van der Waals surface area contributed by atoms with Crippen LogP contribution in [0.1, 0.15) is 94.1 Å². The number of benzene rings is 3. The fourth-order valence-electron chi connectivity index (χ4n) is 5.79. The Kier molecular flexibility index (Phi) is 6.85. The third-order valence-electron chi connectivity index (χ3n) is 8.03. The lowest BCUT2D eigenvalue weighted by atomic mass is 9.77. The molecule has 5 rings (SSSR count). The van der Waals surface area contributed by atoms with E-state index in [9.17, 15) is 5.11 Å². The van der Waals surface area contributed by atoms with Crippen LogP contribution in [0.4, 0.5) is 0 Å². The molecule has 0 unspecified atom stereocenters. The number of phenols is 1. The smallest absolute Gasteiger partial charge is 0.115 e. The van der Waals surface area contributed by atoms with E-state index < -0.39 is 0 Å². The summed E-state index contributed by atoms with van der Waals surface area (Å²) in [5.74, 6) is 2.73. The Morgan fingerprint density at radius 2 is 1.30 bits per heavy atom. The van der Waals surface area contributed by atoms with Crippen LogP contribution < -0.4 is 0 Å². The van der Waals surface area contributed by atoms with Gasteiger partial charge < -0.3 is 5.11 Å². The van der Waals surface area contributed by atoms with E-state index in [0.29, 0.717) is 11.7 Å². The Morgan fingerprint density at radius 3 is 1.97 bits per heavy atom. The quantitative estimate of drug-likeness (QED) is 0.347. The van der Waals surface area contributed by atoms with Gasteiger partial charge in [0.15, 0.2) is 0 Å². The van der Waals surface area contributed by atoms with E-state index in [1.54, 1.807) is 12.1 Å². The summed E-state index contributed by atoms with van der Waals surface area (Å²) in [6.45, 7) is 2.30. The SMILES string of the molecule is CCCCCC1CCC(c2ccc(-c3ccc(-c4ccc(O)cc4)c(C4CC4)c3)cc2)CC1.